The molecule has 0 saturated carbocycles. The van der Waals surface area contributed by atoms with E-state index >= 15 is 0 Å². The summed E-state index contributed by atoms with van der Waals surface area (Å²) in [5, 5.41) is 31.0. The van der Waals surface area contributed by atoms with Crippen LogP contribution < -0.4 is 9.64 Å². The Balaban J connectivity index is 1.83. The Kier molecular flexibility index (Phi) is 6.12. The number of hydrogen-bond acceptors (Lipinski definition) is 5. The van der Waals surface area contributed by atoms with E-state index in [0.717, 1.165) is 39.3 Å². The van der Waals surface area contributed by atoms with Crippen LogP contribution in [0.1, 0.15) is 27.8 Å². The fourth-order valence-corrected chi connectivity index (χ4v) is 4.02. The number of phenols is 3. The molecule has 0 amide bonds. The maximum Gasteiger partial charge on any atom is 0.134 e. The van der Waals surface area contributed by atoms with Crippen LogP contribution in [0.5, 0.6) is 28.7 Å². The first kappa shape index (κ1) is 23.1. The van der Waals surface area contributed by atoms with Crippen LogP contribution in [0.3, 0.4) is 0 Å². The number of aromatic hydroxyl groups is 3. The van der Waals surface area contributed by atoms with Crippen LogP contribution in [0.15, 0.2) is 66.7 Å². The summed E-state index contributed by atoms with van der Waals surface area (Å²) in [6.07, 6.45) is 0. The molecule has 0 aliphatic carbocycles. The van der Waals surface area contributed by atoms with Crippen LogP contribution in [0.25, 0.3) is 0 Å². The molecule has 0 aliphatic heterocycles. The first-order valence-electron chi connectivity index (χ1n) is 11.1. The number of benzene rings is 4. The monoisotopic (exact) mass is 455 g/mol. The molecule has 0 spiro atoms. The van der Waals surface area contributed by atoms with Gasteiger partial charge in [-0.05, 0) is 106 Å². The Morgan fingerprint density at radius 1 is 0.588 bits per heavy atom. The lowest BCUT2D eigenvalue weighted by molar-refractivity contribution is 0.448. The van der Waals surface area contributed by atoms with Crippen molar-refractivity contribution in [2.24, 2.45) is 0 Å². The smallest absolute Gasteiger partial charge is 0.134 e. The van der Waals surface area contributed by atoms with Crippen LogP contribution in [0.2, 0.25) is 0 Å². The highest BCUT2D eigenvalue weighted by Gasteiger charge is 2.20. The number of hydrogen-bond donors (Lipinski definition) is 3. The van der Waals surface area contributed by atoms with E-state index in [-0.39, 0.29) is 17.2 Å². The third-order valence-electron chi connectivity index (χ3n) is 6.05. The SMILES string of the molecule is Cc1cc(O)c(C)c(N(c2ccc(Oc3cccc(O)c3C)cc2)c2cc(C)cc(O)c2C)c1. The first-order valence-corrected chi connectivity index (χ1v) is 11.1. The summed E-state index contributed by atoms with van der Waals surface area (Å²) in [6, 6.07) is 20.3. The minimum Gasteiger partial charge on any atom is -0.508 e. The fraction of sp³-hybridized carbons (Fsp3) is 0.172. The highest BCUT2D eigenvalue weighted by molar-refractivity contribution is 5.83. The van der Waals surface area contributed by atoms with Crippen molar-refractivity contribution in [3.63, 3.8) is 0 Å². The summed E-state index contributed by atoms with van der Waals surface area (Å²) in [5.74, 6) is 1.83. The van der Waals surface area contributed by atoms with Crippen molar-refractivity contribution in [3.8, 4) is 28.7 Å². The summed E-state index contributed by atoms with van der Waals surface area (Å²) in [6.45, 7) is 9.45. The van der Waals surface area contributed by atoms with Crippen LogP contribution >= 0.6 is 0 Å². The van der Waals surface area contributed by atoms with Crippen molar-refractivity contribution >= 4 is 17.1 Å². The molecule has 0 aliphatic rings. The van der Waals surface area contributed by atoms with Crippen molar-refractivity contribution in [3.05, 3.63) is 94.5 Å². The van der Waals surface area contributed by atoms with Crippen molar-refractivity contribution < 1.29 is 20.1 Å². The Labute approximate surface area is 200 Å². The lowest BCUT2D eigenvalue weighted by Gasteiger charge is -2.30. The van der Waals surface area contributed by atoms with E-state index in [4.69, 9.17) is 4.74 Å². The average Bonchev–Trinajstić information content (AvgIpc) is 2.79. The van der Waals surface area contributed by atoms with Gasteiger partial charge in [0.2, 0.25) is 0 Å². The lowest BCUT2D eigenvalue weighted by atomic mass is 10.0. The van der Waals surface area contributed by atoms with Gasteiger partial charge in [0.25, 0.3) is 0 Å². The van der Waals surface area contributed by atoms with Gasteiger partial charge in [-0.25, -0.2) is 0 Å². The Hall–Kier alpha value is -4.12. The van der Waals surface area contributed by atoms with Gasteiger partial charge in [0.15, 0.2) is 0 Å². The number of rotatable bonds is 5. The largest absolute Gasteiger partial charge is 0.508 e. The van der Waals surface area contributed by atoms with Gasteiger partial charge < -0.3 is 25.0 Å². The zero-order valence-corrected chi connectivity index (χ0v) is 20.0. The average molecular weight is 456 g/mol. The Morgan fingerprint density at radius 3 is 1.65 bits per heavy atom. The minimum atomic E-state index is 0.185. The van der Waals surface area contributed by atoms with Gasteiger partial charge in [0.05, 0.1) is 11.4 Å². The van der Waals surface area contributed by atoms with Crippen molar-refractivity contribution in [2.75, 3.05) is 4.90 Å². The van der Waals surface area contributed by atoms with Gasteiger partial charge in [-0.2, -0.15) is 0 Å². The molecule has 0 atom stereocenters. The second-order valence-electron chi connectivity index (χ2n) is 8.69. The van der Waals surface area contributed by atoms with E-state index in [1.165, 1.54) is 0 Å². The van der Waals surface area contributed by atoms with E-state index in [9.17, 15) is 15.3 Å². The van der Waals surface area contributed by atoms with E-state index in [0.29, 0.717) is 17.1 Å². The van der Waals surface area contributed by atoms with Gasteiger partial charge in [0.1, 0.15) is 28.7 Å². The van der Waals surface area contributed by atoms with Gasteiger partial charge in [-0.3, -0.25) is 0 Å². The number of nitrogens with zero attached hydrogens (tertiary/aromatic N) is 1. The molecule has 5 nitrogen and oxygen atoms in total. The molecular weight excluding hydrogens is 426 g/mol. The molecule has 0 heterocycles. The number of anilines is 3. The molecule has 3 N–H and O–H groups in total. The molecular formula is C29H29NO4. The fourth-order valence-electron chi connectivity index (χ4n) is 4.02. The normalized spacial score (nSPS) is 10.9. The van der Waals surface area contributed by atoms with Crippen LogP contribution in [0.4, 0.5) is 17.1 Å². The predicted octanol–water partition coefficient (Wildman–Crippen LogP) is 7.61. The quantitative estimate of drug-likeness (QED) is 0.289. The molecule has 4 rings (SSSR count). The maximum atomic E-state index is 10.5. The molecule has 4 aromatic rings. The van der Waals surface area contributed by atoms with Gasteiger partial charge in [0, 0.05) is 22.4 Å². The molecule has 0 fully saturated rings. The van der Waals surface area contributed by atoms with Crippen LogP contribution in [-0.2, 0) is 0 Å². The van der Waals surface area contributed by atoms with Gasteiger partial charge in [-0.15, -0.1) is 0 Å². The molecule has 0 saturated heterocycles. The number of ether oxygens (including phenoxy) is 1. The topological polar surface area (TPSA) is 73.2 Å². The second kappa shape index (κ2) is 9.02. The van der Waals surface area contributed by atoms with E-state index < -0.39 is 0 Å². The lowest BCUT2D eigenvalue weighted by Crippen LogP contribution is -2.13. The van der Waals surface area contributed by atoms with Gasteiger partial charge in [-0.1, -0.05) is 6.07 Å². The highest BCUT2D eigenvalue weighted by Crippen LogP contribution is 2.44. The minimum absolute atomic E-state index is 0.185. The summed E-state index contributed by atoms with van der Waals surface area (Å²) in [7, 11) is 0. The van der Waals surface area contributed by atoms with Gasteiger partial charge >= 0.3 is 0 Å². The standard InChI is InChI=1S/C29H29NO4/c1-17-13-24(19(3)27(32)15-17)30(25-14-18(2)16-28(33)20(25)4)22-9-11-23(12-10-22)34-29-8-6-7-26(31)21(29)5/h6-16,31-33H,1-5H3. The zero-order chi connectivity index (χ0) is 24.6. The second-order valence-corrected chi connectivity index (χ2v) is 8.69. The van der Waals surface area contributed by atoms with Crippen molar-refractivity contribution in [1.82, 2.24) is 0 Å². The molecule has 174 valence electrons. The van der Waals surface area contributed by atoms with Crippen LogP contribution in [-0.4, -0.2) is 15.3 Å². The number of aryl methyl sites for hydroxylation is 2. The molecule has 5 heteroatoms. The Morgan fingerprint density at radius 2 is 1.12 bits per heavy atom. The zero-order valence-electron chi connectivity index (χ0n) is 20.0. The molecule has 0 unspecified atom stereocenters. The molecule has 0 aromatic heterocycles. The summed E-state index contributed by atoms with van der Waals surface area (Å²) < 4.78 is 6.00. The Bertz CT molecular complexity index is 1300. The summed E-state index contributed by atoms with van der Waals surface area (Å²) >= 11 is 0. The third-order valence-corrected chi connectivity index (χ3v) is 6.05. The molecule has 34 heavy (non-hydrogen) atoms. The third kappa shape index (κ3) is 4.37. The van der Waals surface area contributed by atoms with Crippen molar-refractivity contribution in [2.45, 2.75) is 34.6 Å². The van der Waals surface area contributed by atoms with Crippen LogP contribution in [0, 0.1) is 34.6 Å². The summed E-state index contributed by atoms with van der Waals surface area (Å²) in [4.78, 5) is 2.04. The summed E-state index contributed by atoms with van der Waals surface area (Å²) in [5.41, 5.74) is 6.49. The van der Waals surface area contributed by atoms with Crippen molar-refractivity contribution in [1.29, 1.82) is 0 Å². The van der Waals surface area contributed by atoms with E-state index in [1.807, 2.05) is 75.1 Å². The molecule has 0 radical (unpaired) electrons. The highest BCUT2D eigenvalue weighted by atomic mass is 16.5. The predicted molar refractivity (Wildman–Crippen MR) is 136 cm³/mol. The maximum absolute atomic E-state index is 10.5. The molecule has 0 bridgehead atoms. The van der Waals surface area contributed by atoms with E-state index in [2.05, 4.69) is 0 Å². The van der Waals surface area contributed by atoms with E-state index in [1.54, 1.807) is 31.2 Å². The molecule has 4 aromatic carbocycles. The number of phenolic OH excluding ortho intramolecular Hbond substituents is 3. The first-order chi connectivity index (χ1) is 16.2.